The van der Waals surface area contributed by atoms with E-state index in [1.165, 1.54) is 0 Å². The highest BCUT2D eigenvalue weighted by Gasteiger charge is 2.36. The third-order valence-electron chi connectivity index (χ3n) is 5.32. The topological polar surface area (TPSA) is 84.9 Å². The maximum atomic E-state index is 12.9. The Bertz CT molecular complexity index is 1390. The van der Waals surface area contributed by atoms with Crippen LogP contribution in [0.5, 0.6) is 11.5 Å². The first-order valence-electron chi connectivity index (χ1n) is 11.1. The molecule has 0 saturated carbocycles. The van der Waals surface area contributed by atoms with Crippen molar-refractivity contribution in [1.29, 1.82) is 0 Å². The number of hydrogen-bond donors (Lipinski definition) is 1. The molecule has 3 amide bonds. The van der Waals surface area contributed by atoms with Gasteiger partial charge in [0.2, 0.25) is 5.91 Å². The van der Waals surface area contributed by atoms with Gasteiger partial charge >= 0.3 is 0 Å². The third kappa shape index (κ3) is 6.93. The molecule has 0 aromatic heterocycles. The molecule has 1 heterocycles. The Morgan fingerprint density at radius 2 is 1.89 bits per heavy atom. The summed E-state index contributed by atoms with van der Waals surface area (Å²) in [5.74, 6) is 0.132. The molecule has 1 aliphatic rings. The predicted octanol–water partition coefficient (Wildman–Crippen LogP) is 6.62. The molecular formula is C27H22BrIN2O5S. The molecule has 1 saturated heterocycles. The van der Waals surface area contributed by atoms with Crippen LogP contribution < -0.4 is 14.8 Å². The van der Waals surface area contributed by atoms with E-state index in [0.29, 0.717) is 29.4 Å². The van der Waals surface area contributed by atoms with E-state index < -0.39 is 17.1 Å². The highest BCUT2D eigenvalue weighted by molar-refractivity contribution is 14.1. The number of nitrogens with one attached hydrogen (secondary N) is 1. The smallest absolute Gasteiger partial charge is 0.294 e. The summed E-state index contributed by atoms with van der Waals surface area (Å²) in [5.41, 5.74) is 3.27. The van der Waals surface area contributed by atoms with Crippen molar-refractivity contribution in [3.05, 3.63) is 90.3 Å². The van der Waals surface area contributed by atoms with Crippen LogP contribution in [0, 0.1) is 10.5 Å². The predicted molar refractivity (Wildman–Crippen MR) is 157 cm³/mol. The first kappa shape index (κ1) is 27.2. The number of aryl methyl sites for hydroxylation is 1. The molecule has 1 N–H and O–H groups in total. The number of nitrogens with zero attached hydrogens (tertiary/aromatic N) is 1. The molecule has 0 aliphatic carbocycles. The van der Waals surface area contributed by atoms with Crippen molar-refractivity contribution < 1.29 is 23.9 Å². The SMILES string of the molecule is COc1cc(/C=C2\SC(=O)N(CC(=O)Nc3cccc(C)c3)C2=O)cc(I)c1OCc1ccc(Br)cc1. The largest absolute Gasteiger partial charge is 0.493 e. The molecule has 0 atom stereocenters. The van der Waals surface area contributed by atoms with E-state index >= 15 is 0 Å². The fourth-order valence-electron chi connectivity index (χ4n) is 3.55. The van der Waals surface area contributed by atoms with Crippen LogP contribution in [0.2, 0.25) is 0 Å². The number of imide groups is 1. The zero-order valence-electron chi connectivity index (χ0n) is 19.9. The number of anilines is 1. The van der Waals surface area contributed by atoms with Gasteiger partial charge in [-0.25, -0.2) is 0 Å². The monoisotopic (exact) mass is 692 g/mol. The fraction of sp³-hybridized carbons (Fsp3) is 0.148. The molecule has 3 aromatic rings. The second kappa shape index (κ2) is 12.1. The van der Waals surface area contributed by atoms with Gasteiger partial charge in [0, 0.05) is 10.2 Å². The molecule has 37 heavy (non-hydrogen) atoms. The Hall–Kier alpha value is -2.83. The molecule has 7 nitrogen and oxygen atoms in total. The minimum atomic E-state index is -0.515. The van der Waals surface area contributed by atoms with Crippen LogP contribution in [0.15, 0.2) is 70.0 Å². The highest BCUT2D eigenvalue weighted by atomic mass is 127. The average molecular weight is 693 g/mol. The van der Waals surface area contributed by atoms with E-state index in [2.05, 4.69) is 43.8 Å². The van der Waals surface area contributed by atoms with Crippen LogP contribution in [0.4, 0.5) is 10.5 Å². The van der Waals surface area contributed by atoms with Gasteiger partial charge in [0.05, 0.1) is 15.6 Å². The quantitative estimate of drug-likeness (QED) is 0.211. The van der Waals surface area contributed by atoms with Crippen molar-refractivity contribution in [2.45, 2.75) is 13.5 Å². The summed E-state index contributed by atoms with van der Waals surface area (Å²) in [4.78, 5) is 39.1. The lowest BCUT2D eigenvalue weighted by molar-refractivity contribution is -0.127. The number of rotatable bonds is 8. The van der Waals surface area contributed by atoms with Gasteiger partial charge in [-0.3, -0.25) is 19.3 Å². The van der Waals surface area contributed by atoms with Gasteiger partial charge < -0.3 is 14.8 Å². The lowest BCUT2D eigenvalue weighted by Crippen LogP contribution is -2.36. The van der Waals surface area contributed by atoms with Gasteiger partial charge in [0.25, 0.3) is 11.1 Å². The molecule has 4 rings (SSSR count). The number of ether oxygens (including phenoxy) is 2. The summed E-state index contributed by atoms with van der Waals surface area (Å²) in [6.07, 6.45) is 1.62. The van der Waals surface area contributed by atoms with Gasteiger partial charge in [-0.2, -0.15) is 0 Å². The summed E-state index contributed by atoms with van der Waals surface area (Å²) in [7, 11) is 1.54. The lowest BCUT2D eigenvalue weighted by atomic mass is 10.1. The van der Waals surface area contributed by atoms with E-state index in [1.54, 1.807) is 25.3 Å². The number of carbonyl (C=O) groups is 3. The standard InChI is InChI=1S/C27H22BrIN2O5S/c1-16-4-3-5-20(10-16)30-24(32)14-31-26(33)23(37-27(31)34)13-18-11-21(29)25(22(12-18)35-2)36-15-17-6-8-19(28)9-7-17/h3-13H,14-15H2,1-2H3,(H,30,32)/b23-13-. The Labute approximate surface area is 240 Å². The molecule has 0 spiro atoms. The molecule has 1 fully saturated rings. The minimum absolute atomic E-state index is 0.231. The van der Waals surface area contributed by atoms with Crippen molar-refractivity contribution in [2.24, 2.45) is 0 Å². The normalized spacial score (nSPS) is 14.3. The van der Waals surface area contributed by atoms with Crippen molar-refractivity contribution in [3.63, 3.8) is 0 Å². The van der Waals surface area contributed by atoms with Gasteiger partial charge in [-0.15, -0.1) is 0 Å². The molecule has 0 unspecified atom stereocenters. The third-order valence-corrected chi connectivity index (χ3v) is 7.56. The molecule has 1 aliphatic heterocycles. The number of methoxy groups -OCH3 is 1. The van der Waals surface area contributed by atoms with Gasteiger partial charge in [0.15, 0.2) is 11.5 Å². The average Bonchev–Trinajstić information content (AvgIpc) is 3.11. The van der Waals surface area contributed by atoms with E-state index in [4.69, 9.17) is 9.47 Å². The van der Waals surface area contributed by atoms with Gasteiger partial charge in [-0.05, 0) is 100 Å². The zero-order chi connectivity index (χ0) is 26.5. The van der Waals surface area contributed by atoms with E-state index in [0.717, 1.165) is 35.8 Å². The summed E-state index contributed by atoms with van der Waals surface area (Å²) in [5, 5.41) is 2.23. The van der Waals surface area contributed by atoms with E-state index in [-0.39, 0.29) is 11.4 Å². The number of benzene rings is 3. The molecule has 3 aromatic carbocycles. The number of thioether (sulfide) groups is 1. The van der Waals surface area contributed by atoms with Crippen LogP contribution in [-0.4, -0.2) is 35.6 Å². The van der Waals surface area contributed by atoms with Crippen LogP contribution in [0.25, 0.3) is 6.08 Å². The summed E-state index contributed by atoms with van der Waals surface area (Å²) in [6.45, 7) is 1.91. The lowest BCUT2D eigenvalue weighted by Gasteiger charge is -2.14. The number of amides is 3. The molecule has 0 bridgehead atoms. The van der Waals surface area contributed by atoms with Crippen molar-refractivity contribution in [3.8, 4) is 11.5 Å². The number of hydrogen-bond acceptors (Lipinski definition) is 6. The number of halogens is 2. The van der Waals surface area contributed by atoms with Gasteiger partial charge in [-0.1, -0.05) is 40.2 Å². The zero-order valence-corrected chi connectivity index (χ0v) is 24.5. The molecule has 190 valence electrons. The maximum Gasteiger partial charge on any atom is 0.294 e. The summed E-state index contributed by atoms with van der Waals surface area (Å²) >= 11 is 6.37. The van der Waals surface area contributed by atoms with Crippen LogP contribution in [-0.2, 0) is 16.2 Å². The van der Waals surface area contributed by atoms with Gasteiger partial charge in [0.1, 0.15) is 13.2 Å². The summed E-state index contributed by atoms with van der Waals surface area (Å²) in [6, 6.07) is 18.7. The number of carbonyl (C=O) groups excluding carboxylic acids is 3. The summed E-state index contributed by atoms with van der Waals surface area (Å²) < 4.78 is 13.3. The Kier molecular flexibility index (Phi) is 8.93. The second-order valence-corrected chi connectivity index (χ2v) is 11.2. The van der Waals surface area contributed by atoms with Crippen molar-refractivity contribution in [1.82, 2.24) is 4.90 Å². The van der Waals surface area contributed by atoms with E-state index in [9.17, 15) is 14.4 Å². The molecule has 0 radical (unpaired) electrons. The first-order chi connectivity index (χ1) is 17.7. The maximum absolute atomic E-state index is 12.9. The van der Waals surface area contributed by atoms with Crippen LogP contribution in [0.1, 0.15) is 16.7 Å². The Balaban J connectivity index is 1.46. The highest BCUT2D eigenvalue weighted by Crippen LogP contribution is 2.37. The van der Waals surface area contributed by atoms with Crippen molar-refractivity contribution in [2.75, 3.05) is 19.0 Å². The molecular weight excluding hydrogens is 671 g/mol. The van der Waals surface area contributed by atoms with Crippen molar-refractivity contribution >= 4 is 79.1 Å². The first-order valence-corrected chi connectivity index (χ1v) is 13.8. The molecule has 10 heteroatoms. The fourth-order valence-corrected chi connectivity index (χ4v) is 5.44. The van der Waals surface area contributed by atoms with Crippen LogP contribution >= 0.6 is 50.3 Å². The van der Waals surface area contributed by atoms with Crippen LogP contribution in [0.3, 0.4) is 0 Å². The second-order valence-electron chi connectivity index (χ2n) is 8.13. The Morgan fingerprint density at radius 3 is 2.59 bits per heavy atom. The minimum Gasteiger partial charge on any atom is -0.493 e. The Morgan fingerprint density at radius 1 is 1.14 bits per heavy atom. The van der Waals surface area contributed by atoms with E-state index in [1.807, 2.05) is 55.5 Å².